The van der Waals surface area contributed by atoms with Gasteiger partial charge in [0.2, 0.25) is 0 Å². The number of carbonyl (C=O) groups excluding carboxylic acids is 2. The molecule has 0 N–H and O–H groups in total. The van der Waals surface area contributed by atoms with Crippen LogP contribution in [0.1, 0.15) is 41.6 Å². The monoisotopic (exact) mass is 396 g/mol. The predicted octanol–water partition coefficient (Wildman–Crippen LogP) is 4.51. The summed E-state index contributed by atoms with van der Waals surface area (Å²) in [4.78, 5) is 30.8. The van der Waals surface area contributed by atoms with Gasteiger partial charge in [0, 0.05) is 36.0 Å². The maximum Gasteiger partial charge on any atom is 0.254 e. The average Bonchev–Trinajstić information content (AvgIpc) is 3.08. The lowest BCUT2D eigenvalue weighted by Crippen LogP contribution is -2.41. The molecule has 6 heteroatoms. The molecule has 4 rings (SSSR count). The second kappa shape index (κ2) is 7.76. The first-order valence-corrected chi connectivity index (χ1v) is 9.81. The lowest BCUT2D eigenvalue weighted by molar-refractivity contribution is -0.121. The third kappa shape index (κ3) is 3.94. The van der Waals surface area contributed by atoms with Crippen LogP contribution >= 0.6 is 11.6 Å². The minimum Gasteiger partial charge on any atom is -0.440 e. The van der Waals surface area contributed by atoms with E-state index in [-0.39, 0.29) is 17.6 Å². The van der Waals surface area contributed by atoms with Gasteiger partial charge in [0.1, 0.15) is 11.3 Å². The molecule has 2 heterocycles. The summed E-state index contributed by atoms with van der Waals surface area (Å²) >= 11 is 6.03. The van der Waals surface area contributed by atoms with E-state index in [1.54, 1.807) is 30.0 Å². The van der Waals surface area contributed by atoms with Crippen LogP contribution in [-0.4, -0.2) is 34.7 Å². The van der Waals surface area contributed by atoms with Crippen LogP contribution in [0.5, 0.6) is 0 Å². The lowest BCUT2D eigenvalue weighted by atomic mass is 9.94. The van der Waals surface area contributed by atoms with Crippen LogP contribution in [0.2, 0.25) is 5.02 Å². The minimum absolute atomic E-state index is 0.0593. The fourth-order valence-electron chi connectivity index (χ4n) is 3.68. The zero-order valence-electron chi connectivity index (χ0n) is 15.7. The van der Waals surface area contributed by atoms with E-state index in [9.17, 15) is 9.59 Å². The molecule has 2 aromatic carbocycles. The van der Waals surface area contributed by atoms with Gasteiger partial charge in [0.25, 0.3) is 5.91 Å². The van der Waals surface area contributed by atoms with Gasteiger partial charge in [-0.25, -0.2) is 4.98 Å². The molecule has 0 radical (unpaired) electrons. The van der Waals surface area contributed by atoms with Crippen LogP contribution in [-0.2, 0) is 11.2 Å². The highest BCUT2D eigenvalue weighted by Gasteiger charge is 2.27. The molecule has 28 heavy (non-hydrogen) atoms. The van der Waals surface area contributed by atoms with Gasteiger partial charge < -0.3 is 9.32 Å². The Morgan fingerprint density at radius 2 is 2.11 bits per heavy atom. The highest BCUT2D eigenvalue weighted by Crippen LogP contribution is 2.23. The Kier molecular flexibility index (Phi) is 5.18. The minimum atomic E-state index is -0.0689. The molecule has 1 fully saturated rings. The zero-order chi connectivity index (χ0) is 19.7. The normalized spacial score (nSPS) is 17.1. The largest absolute Gasteiger partial charge is 0.440 e. The summed E-state index contributed by atoms with van der Waals surface area (Å²) in [5.74, 6) is 0.599. The summed E-state index contributed by atoms with van der Waals surface area (Å²) in [7, 11) is 0. The fraction of sp³-hybridized carbons (Fsp3) is 0.318. The molecule has 3 aromatic rings. The topological polar surface area (TPSA) is 63.4 Å². The van der Waals surface area contributed by atoms with Crippen molar-refractivity contribution in [3.8, 4) is 0 Å². The Labute approximate surface area is 168 Å². The van der Waals surface area contributed by atoms with Gasteiger partial charge in [-0.15, -0.1) is 0 Å². The van der Waals surface area contributed by atoms with Gasteiger partial charge in [-0.1, -0.05) is 23.7 Å². The van der Waals surface area contributed by atoms with Gasteiger partial charge in [0.05, 0.1) is 0 Å². The standard InChI is InChI=1S/C22H21ClN2O3/c1-14(26)17-5-3-9-25(13-17)22(27)16-7-8-19-20(12-16)28-21(24-19)11-15-4-2-6-18(23)10-15/h2,4,6-8,10,12,17H,3,5,9,11,13H2,1H3/t17-/m1/s1. The molecule has 0 bridgehead atoms. The highest BCUT2D eigenvalue weighted by atomic mass is 35.5. The van der Waals surface area contributed by atoms with E-state index in [1.807, 2.05) is 24.3 Å². The number of nitrogens with zero attached hydrogens (tertiary/aromatic N) is 2. The van der Waals surface area contributed by atoms with Crippen molar-refractivity contribution in [3.05, 3.63) is 64.5 Å². The number of piperidine rings is 1. The maximum atomic E-state index is 12.9. The van der Waals surface area contributed by atoms with E-state index < -0.39 is 0 Å². The van der Waals surface area contributed by atoms with Crippen LogP contribution in [0.3, 0.4) is 0 Å². The number of halogens is 1. The van der Waals surface area contributed by atoms with E-state index in [0.717, 1.165) is 18.4 Å². The Bertz CT molecular complexity index is 1040. The number of oxazole rings is 1. The first kappa shape index (κ1) is 18.7. The third-order valence-corrected chi connectivity index (χ3v) is 5.44. The molecular weight excluding hydrogens is 376 g/mol. The summed E-state index contributed by atoms with van der Waals surface area (Å²) in [6.45, 7) is 2.76. The molecule has 0 unspecified atom stereocenters. The van der Waals surface area contributed by atoms with E-state index >= 15 is 0 Å². The predicted molar refractivity (Wildman–Crippen MR) is 108 cm³/mol. The van der Waals surface area contributed by atoms with Crippen LogP contribution < -0.4 is 0 Å². The van der Waals surface area contributed by atoms with Crippen molar-refractivity contribution in [1.82, 2.24) is 9.88 Å². The molecule has 1 amide bonds. The number of aromatic nitrogens is 1. The van der Waals surface area contributed by atoms with E-state index in [4.69, 9.17) is 16.0 Å². The Balaban J connectivity index is 1.54. The van der Waals surface area contributed by atoms with Crippen LogP contribution in [0.15, 0.2) is 46.9 Å². The fourth-order valence-corrected chi connectivity index (χ4v) is 3.89. The van der Waals surface area contributed by atoms with Gasteiger partial charge in [-0.2, -0.15) is 0 Å². The van der Waals surface area contributed by atoms with Crippen molar-refractivity contribution in [2.24, 2.45) is 5.92 Å². The molecule has 1 aliphatic heterocycles. The van der Waals surface area contributed by atoms with Gasteiger partial charge in [0.15, 0.2) is 11.5 Å². The number of hydrogen-bond acceptors (Lipinski definition) is 4. The number of amides is 1. The third-order valence-electron chi connectivity index (χ3n) is 5.21. The zero-order valence-corrected chi connectivity index (χ0v) is 16.4. The molecular formula is C22H21ClN2O3. The van der Waals surface area contributed by atoms with Crippen molar-refractivity contribution >= 4 is 34.4 Å². The molecule has 5 nitrogen and oxygen atoms in total. The van der Waals surface area contributed by atoms with Crippen LogP contribution in [0, 0.1) is 5.92 Å². The number of rotatable bonds is 4. The number of benzene rings is 2. The van der Waals surface area contributed by atoms with Crippen molar-refractivity contribution in [3.63, 3.8) is 0 Å². The first-order chi connectivity index (χ1) is 13.5. The molecule has 144 valence electrons. The van der Waals surface area contributed by atoms with Crippen molar-refractivity contribution in [1.29, 1.82) is 0 Å². The molecule has 1 atom stereocenters. The van der Waals surface area contributed by atoms with Crippen molar-refractivity contribution in [2.75, 3.05) is 13.1 Å². The maximum absolute atomic E-state index is 12.9. The quantitative estimate of drug-likeness (QED) is 0.650. The summed E-state index contributed by atoms with van der Waals surface area (Å²) in [5, 5.41) is 0.673. The molecule has 0 saturated carbocycles. The summed E-state index contributed by atoms with van der Waals surface area (Å²) in [5.41, 5.74) is 2.87. The molecule has 1 aliphatic rings. The second-order valence-electron chi connectivity index (χ2n) is 7.30. The summed E-state index contributed by atoms with van der Waals surface area (Å²) in [6.07, 6.45) is 2.24. The van der Waals surface area contributed by atoms with Crippen LogP contribution in [0.25, 0.3) is 11.1 Å². The number of Topliss-reactive ketones (excluding diaryl/α,β-unsaturated/α-hetero) is 1. The summed E-state index contributed by atoms with van der Waals surface area (Å²) in [6, 6.07) is 12.9. The van der Waals surface area contributed by atoms with Crippen molar-refractivity contribution < 1.29 is 14.0 Å². The van der Waals surface area contributed by atoms with Gasteiger partial charge in [-0.3, -0.25) is 9.59 Å². The molecule has 1 aromatic heterocycles. The molecule has 0 spiro atoms. The van der Waals surface area contributed by atoms with E-state index in [2.05, 4.69) is 4.98 Å². The second-order valence-corrected chi connectivity index (χ2v) is 7.73. The lowest BCUT2D eigenvalue weighted by Gasteiger charge is -2.31. The number of hydrogen-bond donors (Lipinski definition) is 0. The van der Waals surface area contributed by atoms with Gasteiger partial charge in [-0.05, 0) is 55.7 Å². The Morgan fingerprint density at radius 3 is 2.89 bits per heavy atom. The van der Waals surface area contributed by atoms with Crippen LogP contribution in [0.4, 0.5) is 0 Å². The Morgan fingerprint density at radius 1 is 1.25 bits per heavy atom. The molecule has 0 aliphatic carbocycles. The average molecular weight is 397 g/mol. The number of fused-ring (bicyclic) bond motifs is 1. The first-order valence-electron chi connectivity index (χ1n) is 9.43. The van der Waals surface area contributed by atoms with Crippen molar-refractivity contribution in [2.45, 2.75) is 26.2 Å². The summed E-state index contributed by atoms with van der Waals surface area (Å²) < 4.78 is 5.87. The van der Waals surface area contributed by atoms with Gasteiger partial charge >= 0.3 is 0 Å². The van der Waals surface area contributed by atoms with E-state index in [0.29, 0.717) is 47.1 Å². The van der Waals surface area contributed by atoms with E-state index in [1.165, 1.54) is 0 Å². The number of ketones is 1. The molecule has 1 saturated heterocycles. The number of likely N-dealkylation sites (tertiary alicyclic amines) is 1. The SMILES string of the molecule is CC(=O)[C@@H]1CCCN(C(=O)c2ccc3nc(Cc4cccc(Cl)c4)oc3c2)C1. The smallest absolute Gasteiger partial charge is 0.254 e. The number of carbonyl (C=O) groups is 2. The highest BCUT2D eigenvalue weighted by molar-refractivity contribution is 6.30. The Hall–Kier alpha value is -2.66.